The van der Waals surface area contributed by atoms with Crippen molar-refractivity contribution in [3.8, 4) is 0 Å². The summed E-state index contributed by atoms with van der Waals surface area (Å²) >= 11 is 13.4. The first kappa shape index (κ1) is 45.5. The van der Waals surface area contributed by atoms with E-state index in [0.717, 1.165) is 20.4 Å². The van der Waals surface area contributed by atoms with Gasteiger partial charge in [0.2, 0.25) is 0 Å². The smallest absolute Gasteiger partial charge is 0.328 e. The van der Waals surface area contributed by atoms with E-state index in [0.29, 0.717) is 48.1 Å². The maximum atomic E-state index is 11.8. The first-order valence-electron chi connectivity index (χ1n) is 17.8. The van der Waals surface area contributed by atoms with Crippen LogP contribution in [0.25, 0.3) is 20.4 Å². The number of rotatable bonds is 16. The van der Waals surface area contributed by atoms with E-state index in [1.54, 1.807) is 67.5 Å². The fourth-order valence-corrected chi connectivity index (χ4v) is 7.16. The molecule has 0 aliphatic carbocycles. The predicted molar refractivity (Wildman–Crippen MR) is 230 cm³/mol. The third kappa shape index (κ3) is 14.3. The highest BCUT2D eigenvalue weighted by molar-refractivity contribution is 7.80. The summed E-state index contributed by atoms with van der Waals surface area (Å²) in [7, 11) is 0. The lowest BCUT2D eigenvalue weighted by Crippen LogP contribution is -2.42. The zero-order valence-corrected chi connectivity index (χ0v) is 35.7. The second kappa shape index (κ2) is 22.6. The van der Waals surface area contributed by atoms with Crippen molar-refractivity contribution in [2.75, 3.05) is 47.7 Å². The highest BCUT2D eigenvalue weighted by atomic mass is 32.1. The van der Waals surface area contributed by atoms with Crippen molar-refractivity contribution in [1.29, 1.82) is 0 Å². The van der Waals surface area contributed by atoms with Gasteiger partial charge >= 0.3 is 23.9 Å². The van der Waals surface area contributed by atoms with Crippen LogP contribution in [-0.4, -0.2) is 94.7 Å². The Labute approximate surface area is 344 Å². The maximum absolute atomic E-state index is 11.8. The minimum absolute atomic E-state index is 0.286. The molecule has 4 unspecified atom stereocenters. The first-order chi connectivity index (χ1) is 26.7. The lowest BCUT2D eigenvalue weighted by atomic mass is 10.2. The molecule has 0 radical (unpaired) electrons. The molecular weight excluding hydrogens is 801 g/mol. The molecule has 6 N–H and O–H groups in total. The lowest BCUT2D eigenvalue weighted by Gasteiger charge is -2.17. The number of hydrogen-bond donors (Lipinski definition) is 6. The van der Waals surface area contributed by atoms with E-state index >= 15 is 0 Å². The van der Waals surface area contributed by atoms with Crippen LogP contribution in [0, 0.1) is 0 Å². The van der Waals surface area contributed by atoms with Gasteiger partial charge in [0.25, 0.3) is 0 Å². The summed E-state index contributed by atoms with van der Waals surface area (Å²) in [5, 5.41) is 19.7. The maximum Gasteiger partial charge on any atom is 0.328 e. The minimum atomic E-state index is -0.567. The van der Waals surface area contributed by atoms with Crippen molar-refractivity contribution >= 4 is 123 Å². The molecule has 0 aliphatic heterocycles. The molecule has 0 amide bonds. The number of esters is 4. The quantitative estimate of drug-likeness (QED) is 0.0448. The summed E-state index contributed by atoms with van der Waals surface area (Å²) in [5.74, 6) is -1.38. The van der Waals surface area contributed by atoms with Gasteiger partial charge in [0.15, 0.2) is 20.5 Å². The molecule has 0 bridgehead atoms. The Bertz CT molecular complexity index is 1810. The van der Waals surface area contributed by atoms with Gasteiger partial charge in [-0.3, -0.25) is 0 Å². The summed E-state index contributed by atoms with van der Waals surface area (Å²) < 4.78 is 21.8. The Kier molecular flexibility index (Phi) is 18.3. The summed E-state index contributed by atoms with van der Waals surface area (Å²) in [5.41, 5.74) is 2.98. The van der Waals surface area contributed by atoms with E-state index in [2.05, 4.69) is 41.9 Å². The molecule has 0 spiro atoms. The molecule has 0 fully saturated rings. The molecule has 2 aromatic carbocycles. The molecule has 4 rings (SSSR count). The van der Waals surface area contributed by atoms with E-state index in [1.165, 1.54) is 22.7 Å². The second-order valence-electron chi connectivity index (χ2n) is 11.8. The van der Waals surface area contributed by atoms with Gasteiger partial charge in [0.05, 0.1) is 46.9 Å². The highest BCUT2D eigenvalue weighted by Gasteiger charge is 2.19. The number of hydrogen-bond acceptors (Lipinski definition) is 16. The number of aromatic nitrogens is 2. The molecule has 16 nitrogen and oxygen atoms in total. The molecule has 0 saturated heterocycles. The van der Waals surface area contributed by atoms with Gasteiger partial charge in [0.1, 0.15) is 24.2 Å². The van der Waals surface area contributed by atoms with Crippen LogP contribution >= 0.6 is 47.1 Å². The van der Waals surface area contributed by atoms with E-state index in [1.807, 2.05) is 24.3 Å². The fourth-order valence-electron chi connectivity index (χ4n) is 4.55. The summed E-state index contributed by atoms with van der Waals surface area (Å²) in [6.07, 6.45) is 0. The number of benzene rings is 2. The van der Waals surface area contributed by atoms with Gasteiger partial charge in [-0.15, -0.1) is 0 Å². The number of carbonyl (C=O) groups excluding carboxylic acids is 4. The summed E-state index contributed by atoms with van der Waals surface area (Å²) in [6.45, 7) is 15.2. The predicted octanol–water partition coefficient (Wildman–Crippen LogP) is 5.80. The van der Waals surface area contributed by atoms with Gasteiger partial charge < -0.3 is 50.8 Å². The lowest BCUT2D eigenvalue weighted by molar-refractivity contribution is -0.145. The largest absolute Gasteiger partial charge is 0.464 e. The number of nitrogens with one attached hydrogen (secondary N) is 6. The number of anilines is 4. The Morgan fingerprint density at radius 3 is 1.30 bits per heavy atom. The summed E-state index contributed by atoms with van der Waals surface area (Å²) in [4.78, 5) is 55.9. The number of ether oxygens (including phenoxy) is 4. The average Bonchev–Trinajstić information content (AvgIpc) is 3.72. The highest BCUT2D eigenvalue weighted by Crippen LogP contribution is 2.34. The number of thiazole rings is 2. The number of thiocarbonyl (C=S) groups is 2. The van der Waals surface area contributed by atoms with Gasteiger partial charge in [-0.2, -0.15) is 0 Å². The van der Waals surface area contributed by atoms with Crippen molar-refractivity contribution in [2.24, 2.45) is 0 Å². The van der Waals surface area contributed by atoms with Gasteiger partial charge in [-0.1, -0.05) is 28.7 Å². The fraction of sp³-hybridized carbons (Fsp3) is 0.444. The normalized spacial score (nSPS) is 12.7. The van der Waals surface area contributed by atoms with Crippen LogP contribution in [0.4, 0.5) is 21.6 Å². The Balaban J connectivity index is 0.000000300. The van der Waals surface area contributed by atoms with E-state index < -0.39 is 24.2 Å². The van der Waals surface area contributed by atoms with Crippen molar-refractivity contribution in [1.82, 2.24) is 20.6 Å². The Morgan fingerprint density at radius 2 is 0.946 bits per heavy atom. The van der Waals surface area contributed by atoms with Crippen LogP contribution < -0.4 is 31.9 Å². The third-order valence-electron chi connectivity index (χ3n) is 7.21. The molecule has 2 heterocycles. The molecule has 0 saturated carbocycles. The van der Waals surface area contributed by atoms with Crippen LogP contribution in [0.1, 0.15) is 55.4 Å². The van der Waals surface area contributed by atoms with Gasteiger partial charge in [-0.25, -0.2) is 29.1 Å². The van der Waals surface area contributed by atoms with Crippen LogP contribution in [0.2, 0.25) is 0 Å². The number of nitrogens with zero attached hydrogens (tertiary/aromatic N) is 2. The van der Waals surface area contributed by atoms with Gasteiger partial charge in [-0.05, 0) is 110 Å². The molecule has 0 aliphatic rings. The first-order valence-corrected chi connectivity index (χ1v) is 20.3. The average molecular weight is 849 g/mol. The number of fused-ring (bicyclic) bond motifs is 2. The summed E-state index contributed by atoms with van der Waals surface area (Å²) in [6, 6.07) is 9.05. The van der Waals surface area contributed by atoms with E-state index in [-0.39, 0.29) is 34.1 Å². The van der Waals surface area contributed by atoms with Crippen LogP contribution in [-0.2, 0) is 38.1 Å². The van der Waals surface area contributed by atoms with Crippen molar-refractivity contribution in [2.45, 2.75) is 79.6 Å². The molecular formula is C36H48N8O8S4. The van der Waals surface area contributed by atoms with Crippen molar-refractivity contribution < 1.29 is 38.1 Å². The van der Waals surface area contributed by atoms with Crippen molar-refractivity contribution in [3.63, 3.8) is 0 Å². The van der Waals surface area contributed by atoms with E-state index in [9.17, 15) is 19.2 Å². The molecule has 4 atom stereocenters. The molecule has 56 heavy (non-hydrogen) atoms. The Hall–Kier alpha value is -4.92. The molecule has 304 valence electrons. The van der Waals surface area contributed by atoms with Crippen molar-refractivity contribution in [3.05, 3.63) is 36.4 Å². The van der Waals surface area contributed by atoms with Crippen LogP contribution in [0.3, 0.4) is 0 Å². The Morgan fingerprint density at radius 1 is 0.589 bits per heavy atom. The number of carbonyl (C=O) groups is 4. The molecule has 2 aromatic heterocycles. The zero-order chi connectivity index (χ0) is 41.4. The molecule has 20 heteroatoms. The third-order valence-corrected chi connectivity index (χ3v) is 9.55. The minimum Gasteiger partial charge on any atom is -0.464 e. The zero-order valence-electron chi connectivity index (χ0n) is 32.4. The SMILES string of the molecule is CCOC(=O)C(C)NC(=S)Nc1cccc(NC(=S)NC(C)C(=O)OCC)c1.CCOC(=O)C(C)Nc1nc2cc3nc(NC(C)C(=O)OCC)sc3cc2s1. The second-order valence-corrected chi connectivity index (χ2v) is 14.7. The van der Waals surface area contributed by atoms with Crippen LogP contribution in [0.5, 0.6) is 0 Å². The van der Waals surface area contributed by atoms with Crippen LogP contribution in [0.15, 0.2) is 36.4 Å². The van der Waals surface area contributed by atoms with Gasteiger partial charge in [0, 0.05) is 11.4 Å². The topological polar surface area (TPSA) is 203 Å². The molecule has 4 aromatic rings. The standard InChI is InChI=1S/C18H22N4O4S2.C18H26N4O4S2/c1-5-25-15(23)9(3)19-17-21-11-7-12-14(8-13(11)27-17)28-18(22-12)20-10(4)16(24)26-6-2;1-5-25-15(23)11(3)19-17(27)21-13-8-7-9-14(10-13)22-18(28)20-12(4)16(24)26-6-2/h7-10H,5-6H2,1-4H3,(H,19,21)(H,20,22);7-12H,5-6H2,1-4H3,(H2,19,21,27)(H2,20,22,28). The monoisotopic (exact) mass is 848 g/mol. The van der Waals surface area contributed by atoms with E-state index in [4.69, 9.17) is 43.4 Å².